The van der Waals surface area contributed by atoms with E-state index in [2.05, 4.69) is 4.98 Å². The van der Waals surface area contributed by atoms with Crippen LogP contribution in [0.1, 0.15) is 28.8 Å². The topological polar surface area (TPSA) is 53.5 Å². The van der Waals surface area contributed by atoms with Crippen LogP contribution in [-0.2, 0) is 11.0 Å². The van der Waals surface area contributed by atoms with E-state index in [1.165, 1.54) is 23.2 Å². The minimum atomic E-state index is -4.65. The van der Waals surface area contributed by atoms with Crippen molar-refractivity contribution in [3.63, 3.8) is 0 Å². The smallest absolute Gasteiger partial charge is 0.324 e. The lowest BCUT2D eigenvalue weighted by atomic mass is 10.1. The third kappa shape index (κ3) is 3.65. The number of rotatable bonds is 4. The Bertz CT molecular complexity index is 777. The Hall–Kier alpha value is -2.42. The third-order valence-corrected chi connectivity index (χ3v) is 4.64. The maximum absolute atomic E-state index is 13.2. The molecule has 1 saturated heterocycles. The molecule has 1 aliphatic heterocycles. The minimum absolute atomic E-state index is 0.114. The van der Waals surface area contributed by atoms with Crippen LogP contribution in [0.25, 0.3) is 0 Å². The fraction of sp³-hybridized carbons (Fsp3) is 0.312. The summed E-state index contributed by atoms with van der Waals surface area (Å²) >= 11 is 1.13. The Balaban J connectivity index is 1.97. The zero-order valence-corrected chi connectivity index (χ0v) is 13.8. The molecule has 2 amide bonds. The highest BCUT2D eigenvalue weighted by molar-refractivity contribution is 7.13. The number of likely N-dealkylation sites (tertiary alicyclic amines) is 1. The Morgan fingerprint density at radius 3 is 2.68 bits per heavy atom. The SMILES string of the molecule is O=C1CCCN1CN(C(=O)c1ccccc1C(F)(F)F)c1nccs1. The van der Waals surface area contributed by atoms with Crippen LogP contribution in [0.15, 0.2) is 35.8 Å². The molecule has 0 atom stereocenters. The summed E-state index contributed by atoms with van der Waals surface area (Å²) in [5.41, 5.74) is -1.47. The van der Waals surface area contributed by atoms with Crippen molar-refractivity contribution in [1.29, 1.82) is 0 Å². The van der Waals surface area contributed by atoms with Crippen LogP contribution in [0.2, 0.25) is 0 Å². The van der Waals surface area contributed by atoms with Gasteiger partial charge in [-0.25, -0.2) is 4.98 Å². The number of halogens is 3. The lowest BCUT2D eigenvalue weighted by Crippen LogP contribution is -2.42. The number of hydrogen-bond acceptors (Lipinski definition) is 4. The molecule has 3 rings (SSSR count). The normalized spacial score (nSPS) is 14.8. The number of thiazole rings is 1. The van der Waals surface area contributed by atoms with Crippen LogP contribution in [0.5, 0.6) is 0 Å². The van der Waals surface area contributed by atoms with E-state index in [4.69, 9.17) is 0 Å². The van der Waals surface area contributed by atoms with E-state index in [-0.39, 0.29) is 17.7 Å². The summed E-state index contributed by atoms with van der Waals surface area (Å²) in [4.78, 5) is 31.3. The average Bonchev–Trinajstić information content (AvgIpc) is 3.23. The monoisotopic (exact) mass is 369 g/mol. The fourth-order valence-corrected chi connectivity index (χ4v) is 3.28. The van der Waals surface area contributed by atoms with Gasteiger partial charge in [-0.15, -0.1) is 11.3 Å². The molecule has 9 heteroatoms. The van der Waals surface area contributed by atoms with Gasteiger partial charge in [-0.2, -0.15) is 13.2 Å². The molecule has 0 radical (unpaired) electrons. The number of hydrogen-bond donors (Lipinski definition) is 0. The van der Waals surface area contributed by atoms with Crippen molar-refractivity contribution in [2.75, 3.05) is 18.1 Å². The van der Waals surface area contributed by atoms with Crippen molar-refractivity contribution in [2.24, 2.45) is 0 Å². The van der Waals surface area contributed by atoms with Crippen LogP contribution in [0, 0.1) is 0 Å². The van der Waals surface area contributed by atoms with Crippen LogP contribution < -0.4 is 4.90 Å². The van der Waals surface area contributed by atoms with Gasteiger partial charge in [0.2, 0.25) is 5.91 Å². The van der Waals surface area contributed by atoms with Gasteiger partial charge in [0.25, 0.3) is 5.91 Å². The summed E-state index contributed by atoms with van der Waals surface area (Å²) in [6.07, 6.45) is -2.15. The van der Waals surface area contributed by atoms with Crippen LogP contribution >= 0.6 is 11.3 Å². The van der Waals surface area contributed by atoms with Gasteiger partial charge in [-0.05, 0) is 18.6 Å². The van der Waals surface area contributed by atoms with Crippen molar-refractivity contribution in [2.45, 2.75) is 19.0 Å². The van der Waals surface area contributed by atoms with Crippen LogP contribution in [0.4, 0.5) is 18.3 Å². The molecule has 5 nitrogen and oxygen atoms in total. The van der Waals surface area contributed by atoms with Crippen molar-refractivity contribution < 1.29 is 22.8 Å². The number of nitrogens with zero attached hydrogens (tertiary/aromatic N) is 3. The van der Waals surface area contributed by atoms with Crippen molar-refractivity contribution in [3.05, 3.63) is 47.0 Å². The summed E-state index contributed by atoms with van der Waals surface area (Å²) in [7, 11) is 0. The maximum Gasteiger partial charge on any atom is 0.417 e. The minimum Gasteiger partial charge on any atom is -0.324 e. The zero-order chi connectivity index (χ0) is 18.0. The van der Waals surface area contributed by atoms with Gasteiger partial charge >= 0.3 is 6.18 Å². The number of aromatic nitrogens is 1. The van der Waals surface area contributed by atoms with Crippen LogP contribution in [-0.4, -0.2) is 34.9 Å². The summed E-state index contributed by atoms with van der Waals surface area (Å²) in [6.45, 7) is 0.353. The molecule has 0 spiro atoms. The predicted molar refractivity (Wildman–Crippen MR) is 86.2 cm³/mol. The van der Waals surface area contributed by atoms with Crippen molar-refractivity contribution in [1.82, 2.24) is 9.88 Å². The molecule has 0 aliphatic carbocycles. The number of carbonyl (C=O) groups is 2. The highest BCUT2D eigenvalue weighted by atomic mass is 32.1. The number of amides is 2. The Morgan fingerprint density at radius 1 is 1.32 bits per heavy atom. The fourth-order valence-electron chi connectivity index (χ4n) is 2.65. The number of anilines is 1. The molecule has 0 unspecified atom stereocenters. The molecular formula is C16H14F3N3O2S. The highest BCUT2D eigenvalue weighted by Gasteiger charge is 2.37. The molecule has 0 saturated carbocycles. The van der Waals surface area contributed by atoms with Crippen molar-refractivity contribution in [3.8, 4) is 0 Å². The molecule has 2 heterocycles. The second-order valence-corrected chi connectivity index (χ2v) is 6.37. The van der Waals surface area contributed by atoms with Gasteiger partial charge in [-0.1, -0.05) is 12.1 Å². The van der Waals surface area contributed by atoms with Gasteiger partial charge in [0.1, 0.15) is 6.67 Å². The number of alkyl halides is 3. The van der Waals surface area contributed by atoms with Gasteiger partial charge < -0.3 is 4.90 Å². The van der Waals surface area contributed by atoms with E-state index in [1.54, 1.807) is 5.38 Å². The molecule has 0 N–H and O–H groups in total. The quantitative estimate of drug-likeness (QED) is 0.830. The summed E-state index contributed by atoms with van der Waals surface area (Å²) in [5, 5.41) is 1.87. The summed E-state index contributed by atoms with van der Waals surface area (Å²) in [5.74, 6) is -0.957. The van der Waals surface area contributed by atoms with Gasteiger partial charge in [0, 0.05) is 24.5 Å². The lowest BCUT2D eigenvalue weighted by Gasteiger charge is -2.26. The Morgan fingerprint density at radius 2 is 2.08 bits per heavy atom. The molecule has 1 aromatic carbocycles. The Labute approximate surface area is 145 Å². The second kappa shape index (κ2) is 6.83. The predicted octanol–water partition coefficient (Wildman–Crippen LogP) is 3.39. The van der Waals surface area contributed by atoms with E-state index in [1.807, 2.05) is 0 Å². The van der Waals surface area contributed by atoms with Gasteiger partial charge in [0.05, 0.1) is 11.1 Å². The zero-order valence-electron chi connectivity index (χ0n) is 13.0. The molecule has 1 aliphatic rings. The van der Waals surface area contributed by atoms with E-state index in [9.17, 15) is 22.8 Å². The average molecular weight is 369 g/mol. The van der Waals surface area contributed by atoms with Gasteiger partial charge in [0.15, 0.2) is 5.13 Å². The summed E-state index contributed by atoms with van der Waals surface area (Å²) < 4.78 is 39.7. The molecule has 2 aromatic rings. The van der Waals surface area contributed by atoms with E-state index >= 15 is 0 Å². The van der Waals surface area contributed by atoms with Crippen LogP contribution in [0.3, 0.4) is 0 Å². The lowest BCUT2D eigenvalue weighted by molar-refractivity contribution is -0.138. The number of carbonyl (C=O) groups excluding carboxylic acids is 2. The maximum atomic E-state index is 13.2. The highest BCUT2D eigenvalue weighted by Crippen LogP contribution is 2.33. The van der Waals surface area contributed by atoms with E-state index in [0.29, 0.717) is 19.4 Å². The second-order valence-electron chi connectivity index (χ2n) is 5.49. The first kappa shape index (κ1) is 17.4. The van der Waals surface area contributed by atoms with Gasteiger partial charge in [-0.3, -0.25) is 14.5 Å². The molecule has 132 valence electrons. The van der Waals surface area contributed by atoms with Crippen molar-refractivity contribution >= 4 is 28.3 Å². The first-order chi connectivity index (χ1) is 11.9. The molecule has 25 heavy (non-hydrogen) atoms. The summed E-state index contributed by atoms with van der Waals surface area (Å²) in [6, 6.07) is 4.62. The largest absolute Gasteiger partial charge is 0.417 e. The Kier molecular flexibility index (Phi) is 4.76. The third-order valence-electron chi connectivity index (χ3n) is 3.84. The van der Waals surface area contributed by atoms with E-state index in [0.717, 1.165) is 28.4 Å². The first-order valence-corrected chi connectivity index (χ1v) is 8.41. The standard InChI is InChI=1S/C16H14F3N3O2S/c17-16(18,19)12-5-2-1-4-11(12)14(24)22(15-20-7-9-25-15)10-21-8-3-6-13(21)23/h1-2,4-5,7,9H,3,6,8,10H2. The molecule has 1 aromatic heterocycles. The molecular weight excluding hydrogens is 355 g/mol. The molecule has 1 fully saturated rings. The first-order valence-electron chi connectivity index (χ1n) is 7.53. The number of benzene rings is 1. The molecule has 0 bridgehead atoms. The van der Waals surface area contributed by atoms with E-state index < -0.39 is 23.2 Å².